The van der Waals surface area contributed by atoms with Crippen molar-refractivity contribution in [1.29, 1.82) is 0 Å². The van der Waals surface area contributed by atoms with Crippen LogP contribution in [0.15, 0.2) is 12.2 Å². The van der Waals surface area contributed by atoms with Gasteiger partial charge in [0.25, 0.3) is 0 Å². The number of esters is 2. The molecule has 1 aliphatic heterocycles. The Hall–Kier alpha value is -1.41. The molecule has 2 aliphatic carbocycles. The molecule has 0 aromatic rings. The summed E-state index contributed by atoms with van der Waals surface area (Å²) in [7, 11) is -3.39. The van der Waals surface area contributed by atoms with Gasteiger partial charge in [0.1, 0.15) is 6.10 Å². The molecule has 3 fully saturated rings. The van der Waals surface area contributed by atoms with Crippen LogP contribution in [0.1, 0.15) is 40.5 Å². The molecule has 2 saturated carbocycles. The molecule has 0 amide bonds. The fourth-order valence-electron chi connectivity index (χ4n) is 4.61. The van der Waals surface area contributed by atoms with E-state index in [1.807, 2.05) is 20.8 Å². The summed E-state index contributed by atoms with van der Waals surface area (Å²) in [6.07, 6.45) is 0.804. The van der Waals surface area contributed by atoms with E-state index in [0.717, 1.165) is 6.42 Å². The van der Waals surface area contributed by atoms with Crippen molar-refractivity contribution in [3.05, 3.63) is 12.2 Å². The van der Waals surface area contributed by atoms with Crippen molar-refractivity contribution in [1.82, 2.24) is 4.31 Å². The van der Waals surface area contributed by atoms with Crippen LogP contribution in [0.5, 0.6) is 0 Å². The Morgan fingerprint density at radius 3 is 2.44 bits per heavy atom. The second kappa shape index (κ2) is 5.81. The molecule has 0 spiro atoms. The number of rotatable bonds is 4. The highest BCUT2D eigenvalue weighted by Crippen LogP contribution is 2.58. The predicted molar refractivity (Wildman–Crippen MR) is 90.0 cm³/mol. The first kappa shape index (κ1) is 18.4. The zero-order valence-electron chi connectivity index (χ0n) is 15.0. The highest BCUT2D eigenvalue weighted by atomic mass is 32.2. The van der Waals surface area contributed by atoms with Gasteiger partial charge in [0.2, 0.25) is 10.0 Å². The number of hydrogen-bond donors (Lipinski definition) is 0. The van der Waals surface area contributed by atoms with Crippen LogP contribution in [0, 0.1) is 11.8 Å². The molecular weight excluding hydrogens is 346 g/mol. The molecule has 0 radical (unpaired) electrons. The maximum absolute atomic E-state index is 12.9. The third-order valence-corrected chi connectivity index (χ3v) is 8.00. The molecule has 7 nitrogen and oxygen atoms in total. The van der Waals surface area contributed by atoms with Crippen LogP contribution in [0.2, 0.25) is 0 Å². The van der Waals surface area contributed by atoms with Gasteiger partial charge in [-0.3, -0.25) is 0 Å². The maximum atomic E-state index is 12.9. The third-order valence-electron chi connectivity index (χ3n) is 5.35. The van der Waals surface area contributed by atoms with E-state index in [1.54, 1.807) is 4.31 Å². The first-order chi connectivity index (χ1) is 11.4. The topological polar surface area (TPSA) is 90.0 Å². The van der Waals surface area contributed by atoms with Gasteiger partial charge >= 0.3 is 11.9 Å². The zero-order chi connectivity index (χ0) is 18.7. The Morgan fingerprint density at radius 1 is 1.24 bits per heavy atom. The van der Waals surface area contributed by atoms with E-state index < -0.39 is 40.2 Å². The van der Waals surface area contributed by atoms with E-state index in [1.165, 1.54) is 6.92 Å². The summed E-state index contributed by atoms with van der Waals surface area (Å²) >= 11 is 0. The number of fused-ring (bicyclic) bond motifs is 1. The molecule has 1 heterocycles. The molecule has 25 heavy (non-hydrogen) atoms. The fraction of sp³-hybridized carbons (Fsp3) is 0.765. The summed E-state index contributed by atoms with van der Waals surface area (Å²) in [6.45, 7) is 10.0. The van der Waals surface area contributed by atoms with Crippen molar-refractivity contribution in [2.75, 3.05) is 6.61 Å². The van der Waals surface area contributed by atoms with Crippen molar-refractivity contribution < 1.29 is 27.5 Å². The maximum Gasteiger partial charge on any atom is 0.344 e. The van der Waals surface area contributed by atoms with Gasteiger partial charge in [-0.25, -0.2) is 18.0 Å². The summed E-state index contributed by atoms with van der Waals surface area (Å²) in [5, 5.41) is -0.363. The first-order valence-corrected chi connectivity index (χ1v) is 10.0. The molecule has 1 saturated heterocycles. The third kappa shape index (κ3) is 2.89. The monoisotopic (exact) mass is 371 g/mol. The second-order valence-corrected chi connectivity index (χ2v) is 10.3. The number of nitrogens with zero attached hydrogens (tertiary/aromatic N) is 1. The Bertz CT molecular complexity index is 722. The summed E-state index contributed by atoms with van der Waals surface area (Å²) in [4.78, 5) is 23.5. The minimum Gasteiger partial charge on any atom is -0.458 e. The van der Waals surface area contributed by atoms with Gasteiger partial charge in [-0.05, 0) is 52.4 Å². The number of carbonyl (C=O) groups excluding carboxylic acids is 2. The van der Waals surface area contributed by atoms with Crippen molar-refractivity contribution in [2.45, 2.75) is 63.5 Å². The lowest BCUT2D eigenvalue weighted by Gasteiger charge is -2.37. The Kier molecular flexibility index (Phi) is 4.27. The molecule has 5 unspecified atom stereocenters. The fourth-order valence-corrected chi connectivity index (χ4v) is 7.49. The molecule has 140 valence electrons. The lowest BCUT2D eigenvalue weighted by atomic mass is 9.90. The van der Waals surface area contributed by atoms with E-state index in [2.05, 4.69) is 6.58 Å². The van der Waals surface area contributed by atoms with Crippen LogP contribution in [-0.2, 0) is 29.1 Å². The summed E-state index contributed by atoms with van der Waals surface area (Å²) in [6, 6.07) is -0.324. The number of hydrogen-bond acceptors (Lipinski definition) is 6. The summed E-state index contributed by atoms with van der Waals surface area (Å²) in [5.41, 5.74) is -0.372. The van der Waals surface area contributed by atoms with Crippen LogP contribution >= 0.6 is 0 Å². The van der Waals surface area contributed by atoms with Crippen molar-refractivity contribution in [3.63, 3.8) is 0 Å². The Balaban J connectivity index is 1.75. The van der Waals surface area contributed by atoms with E-state index in [0.29, 0.717) is 6.42 Å². The molecule has 8 heteroatoms. The minimum absolute atomic E-state index is 0.00462. The smallest absolute Gasteiger partial charge is 0.344 e. The molecule has 0 aromatic carbocycles. The summed E-state index contributed by atoms with van der Waals surface area (Å²) in [5.74, 6) is -1.25. The lowest BCUT2D eigenvalue weighted by molar-refractivity contribution is -0.164. The van der Waals surface area contributed by atoms with Gasteiger partial charge in [-0.15, -0.1) is 0 Å². The van der Waals surface area contributed by atoms with Crippen molar-refractivity contribution in [3.8, 4) is 0 Å². The molecule has 0 aromatic heterocycles. The standard InChI is InChI=1S/C17H25NO6S/c1-9(2)16(20)23-8-13(19)24-15-10-6-11-12(7-10)25(21,22)18(14(11)15)17(3,4)5/h10-12,14-15H,1,6-8H2,2-5H3. The molecule has 3 rings (SSSR count). The lowest BCUT2D eigenvalue weighted by Crippen LogP contribution is -2.52. The van der Waals surface area contributed by atoms with Crippen molar-refractivity contribution >= 4 is 22.0 Å². The van der Waals surface area contributed by atoms with Crippen LogP contribution in [-0.4, -0.2) is 54.2 Å². The van der Waals surface area contributed by atoms with Crippen LogP contribution < -0.4 is 0 Å². The normalized spacial score (nSPS) is 35.6. The summed E-state index contributed by atoms with van der Waals surface area (Å²) < 4.78 is 37.7. The number of ether oxygens (including phenoxy) is 2. The largest absolute Gasteiger partial charge is 0.458 e. The molecule has 0 N–H and O–H groups in total. The molecular formula is C17H25NO6S. The van der Waals surface area contributed by atoms with E-state index >= 15 is 0 Å². The van der Waals surface area contributed by atoms with Gasteiger partial charge in [0.05, 0.1) is 11.3 Å². The van der Waals surface area contributed by atoms with Gasteiger partial charge in [-0.1, -0.05) is 6.58 Å². The Morgan fingerprint density at radius 2 is 1.88 bits per heavy atom. The SMILES string of the molecule is C=C(C)C(=O)OCC(=O)OC1C2CC3C1N(C(C)(C)C)S(=O)(=O)C3C2. The van der Waals surface area contributed by atoms with Gasteiger partial charge < -0.3 is 9.47 Å². The second-order valence-electron chi connectivity index (χ2n) is 8.25. The average Bonchev–Trinajstić information content (AvgIpc) is 3.06. The average molecular weight is 371 g/mol. The van der Waals surface area contributed by atoms with Gasteiger partial charge in [0, 0.05) is 11.1 Å². The highest BCUT2D eigenvalue weighted by Gasteiger charge is 2.69. The predicted octanol–water partition coefficient (Wildman–Crippen LogP) is 1.24. The molecule has 5 atom stereocenters. The van der Waals surface area contributed by atoms with Crippen LogP contribution in [0.3, 0.4) is 0 Å². The quantitative estimate of drug-likeness (QED) is 0.546. The highest BCUT2D eigenvalue weighted by molar-refractivity contribution is 7.90. The number of sulfonamides is 1. The van der Waals surface area contributed by atoms with E-state index in [4.69, 9.17) is 9.47 Å². The zero-order valence-corrected chi connectivity index (χ0v) is 15.8. The van der Waals surface area contributed by atoms with Crippen molar-refractivity contribution in [2.24, 2.45) is 11.8 Å². The number of carbonyl (C=O) groups is 2. The first-order valence-electron chi connectivity index (χ1n) is 8.50. The minimum atomic E-state index is -3.39. The van der Waals surface area contributed by atoms with Gasteiger partial charge in [0.15, 0.2) is 6.61 Å². The van der Waals surface area contributed by atoms with E-state index in [9.17, 15) is 18.0 Å². The molecule has 2 bridgehead atoms. The van der Waals surface area contributed by atoms with Crippen LogP contribution in [0.4, 0.5) is 0 Å². The Labute approximate surface area is 148 Å². The molecule has 3 aliphatic rings. The van der Waals surface area contributed by atoms with Gasteiger partial charge in [-0.2, -0.15) is 4.31 Å². The van der Waals surface area contributed by atoms with E-state index in [-0.39, 0.29) is 28.7 Å². The van der Waals surface area contributed by atoms with Crippen LogP contribution in [0.25, 0.3) is 0 Å².